The average molecular weight is 470 g/mol. The number of H-pyrrole nitrogens is 1. The number of aromatic amines is 1. The van der Waals surface area contributed by atoms with Gasteiger partial charge in [-0.25, -0.2) is 0 Å². The van der Waals surface area contributed by atoms with E-state index in [1.165, 1.54) is 4.80 Å². The number of aromatic nitrogens is 5. The van der Waals surface area contributed by atoms with Crippen LogP contribution in [0.25, 0.3) is 11.4 Å². The molecule has 5 rings (SSSR count). The standard InChI is InChI=1S/C25H23N7O3/c1-15-21-19(8-5-9-20(21)33)26-22(15)25(35)29-28-24(34)18-12-10-16(11-13-18)14-32-30-23(27-31-32)17-6-3-2-4-7-17/h2-4,6-7,10-13,26H,5,8-9,14H2,1H3,(H,28,34)(H,29,35). The van der Waals surface area contributed by atoms with Crippen molar-refractivity contribution in [3.8, 4) is 11.4 Å². The Bertz CT molecular complexity index is 1400. The van der Waals surface area contributed by atoms with Crippen LogP contribution in [0.1, 0.15) is 60.9 Å². The molecule has 0 spiro atoms. The van der Waals surface area contributed by atoms with Crippen molar-refractivity contribution < 1.29 is 14.4 Å². The van der Waals surface area contributed by atoms with E-state index in [1.54, 1.807) is 31.2 Å². The number of ketones is 1. The van der Waals surface area contributed by atoms with Crippen LogP contribution in [0.5, 0.6) is 0 Å². The van der Waals surface area contributed by atoms with Gasteiger partial charge in [0.1, 0.15) is 5.69 Å². The summed E-state index contributed by atoms with van der Waals surface area (Å²) in [6, 6.07) is 16.5. The summed E-state index contributed by atoms with van der Waals surface area (Å²) in [5, 5.41) is 12.6. The van der Waals surface area contributed by atoms with Gasteiger partial charge >= 0.3 is 0 Å². The minimum absolute atomic E-state index is 0.0422. The summed E-state index contributed by atoms with van der Waals surface area (Å²) in [6.07, 6.45) is 1.98. The van der Waals surface area contributed by atoms with Gasteiger partial charge < -0.3 is 4.98 Å². The van der Waals surface area contributed by atoms with Gasteiger partial charge in [-0.05, 0) is 48.2 Å². The number of fused-ring (bicyclic) bond motifs is 1. The van der Waals surface area contributed by atoms with E-state index in [-0.39, 0.29) is 11.5 Å². The molecule has 0 radical (unpaired) electrons. The van der Waals surface area contributed by atoms with Crippen LogP contribution in [0.3, 0.4) is 0 Å². The number of Topliss-reactive ketones (excluding diaryl/α,β-unsaturated/α-hetero) is 1. The second kappa shape index (κ2) is 9.34. The Kier molecular flexibility index (Phi) is 5.92. The first-order valence-electron chi connectivity index (χ1n) is 11.3. The van der Waals surface area contributed by atoms with Crippen molar-refractivity contribution in [2.75, 3.05) is 0 Å². The lowest BCUT2D eigenvalue weighted by Crippen LogP contribution is -2.42. The van der Waals surface area contributed by atoms with Crippen LogP contribution in [-0.4, -0.2) is 42.8 Å². The zero-order valence-corrected chi connectivity index (χ0v) is 19.0. The van der Waals surface area contributed by atoms with Gasteiger partial charge in [0.15, 0.2) is 5.78 Å². The Balaban J connectivity index is 1.19. The molecule has 0 unspecified atom stereocenters. The first-order valence-corrected chi connectivity index (χ1v) is 11.3. The monoisotopic (exact) mass is 469 g/mol. The van der Waals surface area contributed by atoms with Gasteiger partial charge in [0.05, 0.1) is 6.54 Å². The maximum absolute atomic E-state index is 12.6. The lowest BCUT2D eigenvalue weighted by Gasteiger charge is -2.09. The summed E-state index contributed by atoms with van der Waals surface area (Å²) in [5.74, 6) is -0.373. The van der Waals surface area contributed by atoms with Gasteiger partial charge in [-0.15, -0.1) is 10.2 Å². The molecule has 2 aromatic heterocycles. The quantitative estimate of drug-likeness (QED) is 0.385. The second-order valence-corrected chi connectivity index (χ2v) is 8.37. The molecular formula is C25H23N7O3. The third-order valence-corrected chi connectivity index (χ3v) is 5.98. The number of amides is 2. The van der Waals surface area contributed by atoms with Crippen LogP contribution in [-0.2, 0) is 13.0 Å². The molecule has 2 heterocycles. The molecule has 10 heteroatoms. The van der Waals surface area contributed by atoms with Crippen molar-refractivity contribution >= 4 is 17.6 Å². The van der Waals surface area contributed by atoms with Gasteiger partial charge in [-0.2, -0.15) is 4.80 Å². The Labute approximate surface area is 200 Å². The molecule has 0 aliphatic heterocycles. The van der Waals surface area contributed by atoms with Gasteiger partial charge in [0.25, 0.3) is 11.8 Å². The number of hydrogen-bond donors (Lipinski definition) is 3. The van der Waals surface area contributed by atoms with Crippen LogP contribution in [0, 0.1) is 6.92 Å². The van der Waals surface area contributed by atoms with Crippen molar-refractivity contribution in [1.29, 1.82) is 0 Å². The molecule has 0 bridgehead atoms. The number of benzene rings is 2. The number of hydrogen-bond acceptors (Lipinski definition) is 6. The topological polar surface area (TPSA) is 135 Å². The number of carbonyl (C=O) groups excluding carboxylic acids is 3. The largest absolute Gasteiger partial charge is 0.354 e. The second-order valence-electron chi connectivity index (χ2n) is 8.37. The molecule has 10 nitrogen and oxygen atoms in total. The van der Waals surface area contributed by atoms with Crippen LogP contribution in [0.2, 0.25) is 0 Å². The summed E-state index contributed by atoms with van der Waals surface area (Å²) in [5.41, 5.74) is 9.27. The van der Waals surface area contributed by atoms with E-state index in [1.807, 2.05) is 30.3 Å². The number of hydrazine groups is 1. The van der Waals surface area contributed by atoms with Crippen LogP contribution in [0.4, 0.5) is 0 Å². The van der Waals surface area contributed by atoms with E-state index in [0.717, 1.165) is 29.7 Å². The Morgan fingerprint density at radius 1 is 1.00 bits per heavy atom. The summed E-state index contributed by atoms with van der Waals surface area (Å²) in [7, 11) is 0. The molecule has 35 heavy (non-hydrogen) atoms. The number of tetrazole rings is 1. The van der Waals surface area contributed by atoms with E-state index in [9.17, 15) is 14.4 Å². The summed E-state index contributed by atoms with van der Waals surface area (Å²) < 4.78 is 0. The zero-order chi connectivity index (χ0) is 24.4. The predicted molar refractivity (Wildman–Crippen MR) is 127 cm³/mol. The van der Waals surface area contributed by atoms with Crippen molar-refractivity contribution in [1.82, 2.24) is 36.0 Å². The fourth-order valence-electron chi connectivity index (χ4n) is 4.19. The van der Waals surface area contributed by atoms with Crippen LogP contribution in [0.15, 0.2) is 54.6 Å². The lowest BCUT2D eigenvalue weighted by atomic mass is 9.94. The normalized spacial score (nSPS) is 12.8. The molecule has 1 aliphatic rings. The molecule has 0 atom stereocenters. The van der Waals surface area contributed by atoms with Gasteiger partial charge in [-0.3, -0.25) is 25.2 Å². The van der Waals surface area contributed by atoms with Gasteiger partial charge in [-0.1, -0.05) is 42.5 Å². The maximum Gasteiger partial charge on any atom is 0.286 e. The summed E-state index contributed by atoms with van der Waals surface area (Å²) in [6.45, 7) is 2.13. The third-order valence-electron chi connectivity index (χ3n) is 5.98. The molecule has 2 amide bonds. The van der Waals surface area contributed by atoms with Crippen molar-refractivity contribution in [2.45, 2.75) is 32.7 Å². The average Bonchev–Trinajstić information content (AvgIpc) is 3.48. The van der Waals surface area contributed by atoms with Gasteiger partial charge in [0, 0.05) is 28.8 Å². The lowest BCUT2D eigenvalue weighted by molar-refractivity contribution is 0.0844. The Hall–Kier alpha value is -4.60. The highest BCUT2D eigenvalue weighted by molar-refractivity contribution is 6.05. The maximum atomic E-state index is 12.6. The van der Waals surface area contributed by atoms with Crippen molar-refractivity contribution in [3.63, 3.8) is 0 Å². The molecule has 4 aromatic rings. The number of rotatable bonds is 5. The highest BCUT2D eigenvalue weighted by atomic mass is 16.2. The first kappa shape index (κ1) is 22.2. The first-order chi connectivity index (χ1) is 17.0. The minimum Gasteiger partial charge on any atom is -0.354 e. The Morgan fingerprint density at radius 3 is 2.49 bits per heavy atom. The van der Waals surface area contributed by atoms with E-state index < -0.39 is 11.8 Å². The van der Waals surface area contributed by atoms with E-state index in [2.05, 4.69) is 31.2 Å². The molecule has 2 aromatic carbocycles. The SMILES string of the molecule is Cc1c(C(=O)NNC(=O)c2ccc(Cn3nnc(-c4ccccc4)n3)cc2)[nH]c2c1C(=O)CCC2. The van der Waals surface area contributed by atoms with Crippen molar-refractivity contribution in [3.05, 3.63) is 88.2 Å². The number of aryl methyl sites for hydroxylation is 1. The zero-order valence-electron chi connectivity index (χ0n) is 19.0. The fourth-order valence-corrected chi connectivity index (χ4v) is 4.19. The minimum atomic E-state index is -0.499. The van der Waals surface area contributed by atoms with E-state index >= 15 is 0 Å². The van der Waals surface area contributed by atoms with E-state index in [0.29, 0.717) is 35.5 Å². The van der Waals surface area contributed by atoms with Gasteiger partial charge in [0.2, 0.25) is 5.82 Å². The number of nitrogens with one attached hydrogen (secondary N) is 3. The Morgan fingerprint density at radius 2 is 1.74 bits per heavy atom. The molecule has 0 saturated carbocycles. The molecule has 0 fully saturated rings. The van der Waals surface area contributed by atoms with Crippen LogP contribution >= 0.6 is 0 Å². The highest BCUT2D eigenvalue weighted by Gasteiger charge is 2.26. The molecule has 176 valence electrons. The molecule has 0 saturated heterocycles. The molecule has 1 aliphatic carbocycles. The van der Waals surface area contributed by atoms with Crippen molar-refractivity contribution in [2.24, 2.45) is 0 Å². The number of carbonyl (C=O) groups is 3. The number of nitrogens with zero attached hydrogens (tertiary/aromatic N) is 4. The van der Waals surface area contributed by atoms with E-state index in [4.69, 9.17) is 0 Å². The molecular weight excluding hydrogens is 446 g/mol. The summed E-state index contributed by atoms with van der Waals surface area (Å²) in [4.78, 5) is 41.8. The third kappa shape index (κ3) is 4.58. The summed E-state index contributed by atoms with van der Waals surface area (Å²) >= 11 is 0. The molecule has 3 N–H and O–H groups in total. The predicted octanol–water partition coefficient (Wildman–Crippen LogP) is 2.62. The fraction of sp³-hybridized carbons (Fsp3) is 0.200. The smallest absolute Gasteiger partial charge is 0.286 e. The highest BCUT2D eigenvalue weighted by Crippen LogP contribution is 2.26. The van der Waals surface area contributed by atoms with Crippen LogP contribution < -0.4 is 10.9 Å².